The molecule has 1 aromatic carbocycles. The summed E-state index contributed by atoms with van der Waals surface area (Å²) in [5.74, 6) is 0.257. The zero-order chi connectivity index (χ0) is 25.9. The molecule has 0 unspecified atom stereocenters. The highest BCUT2D eigenvalue weighted by Crippen LogP contribution is 2.54. The number of halogens is 10. The molecular formula is C21H12Cl3F7N2OS. The van der Waals surface area contributed by atoms with Crippen molar-refractivity contribution in [1.29, 1.82) is 0 Å². The average Bonchev–Trinajstić information content (AvgIpc) is 3.25. The number of hydrogen-bond acceptors (Lipinski definition) is 3. The van der Waals surface area contributed by atoms with E-state index in [1.165, 1.54) is 12.4 Å². The van der Waals surface area contributed by atoms with Crippen LogP contribution in [0.3, 0.4) is 0 Å². The molecule has 0 spiro atoms. The molecule has 1 saturated carbocycles. The van der Waals surface area contributed by atoms with Crippen LogP contribution in [0.4, 0.5) is 30.7 Å². The summed E-state index contributed by atoms with van der Waals surface area (Å²) >= 11 is 19.2. The standard InChI is InChI=1S/C21H12Cl3F7N2OS/c22-13-4-11(19(25,20(26,27)28)21(29,30)31)5-14(23)17(13)33-8-10(7-32-33)16-6-12(18(24)35-16)15(34)3-9-1-2-9/h4-9H,1-3H2. The zero-order valence-electron chi connectivity index (χ0n) is 17.1. The summed E-state index contributed by atoms with van der Waals surface area (Å²) < 4.78 is 94.3. The molecule has 3 aromatic rings. The Labute approximate surface area is 212 Å². The largest absolute Gasteiger partial charge is 0.435 e. The lowest BCUT2D eigenvalue weighted by Gasteiger charge is -2.30. The van der Waals surface area contributed by atoms with Gasteiger partial charge in [-0.15, -0.1) is 11.3 Å². The predicted molar refractivity (Wildman–Crippen MR) is 118 cm³/mol. The van der Waals surface area contributed by atoms with E-state index in [1.54, 1.807) is 6.07 Å². The molecule has 0 radical (unpaired) electrons. The topological polar surface area (TPSA) is 34.9 Å². The van der Waals surface area contributed by atoms with Crippen LogP contribution in [-0.2, 0) is 5.67 Å². The molecule has 2 aromatic heterocycles. The van der Waals surface area contributed by atoms with Gasteiger partial charge in [-0.3, -0.25) is 4.79 Å². The Kier molecular flexibility index (Phi) is 6.70. The van der Waals surface area contributed by atoms with Crippen LogP contribution in [0.25, 0.3) is 16.1 Å². The second-order valence-corrected chi connectivity index (χ2v) is 10.5. The van der Waals surface area contributed by atoms with E-state index in [9.17, 15) is 35.5 Å². The molecule has 188 valence electrons. The van der Waals surface area contributed by atoms with Gasteiger partial charge in [0.25, 0.3) is 0 Å². The van der Waals surface area contributed by atoms with Crippen molar-refractivity contribution in [2.75, 3.05) is 0 Å². The number of ketones is 1. The minimum absolute atomic E-state index is 0.0990. The van der Waals surface area contributed by atoms with Gasteiger partial charge in [0.1, 0.15) is 10.0 Å². The summed E-state index contributed by atoms with van der Waals surface area (Å²) in [6.07, 6.45) is -7.59. The minimum atomic E-state index is -6.31. The van der Waals surface area contributed by atoms with Crippen LogP contribution in [0, 0.1) is 5.92 Å². The molecule has 0 aliphatic heterocycles. The number of benzene rings is 1. The van der Waals surface area contributed by atoms with E-state index in [0.717, 1.165) is 28.9 Å². The number of carbonyl (C=O) groups is 1. The lowest BCUT2D eigenvalue weighted by Crippen LogP contribution is -2.50. The molecule has 35 heavy (non-hydrogen) atoms. The molecule has 14 heteroatoms. The lowest BCUT2D eigenvalue weighted by molar-refractivity contribution is -0.348. The van der Waals surface area contributed by atoms with Crippen molar-refractivity contribution >= 4 is 51.9 Å². The van der Waals surface area contributed by atoms with Crippen molar-refractivity contribution in [2.24, 2.45) is 5.92 Å². The molecule has 1 aliphatic carbocycles. The molecule has 3 nitrogen and oxygen atoms in total. The number of rotatable bonds is 6. The number of aromatic nitrogens is 2. The van der Waals surface area contributed by atoms with Crippen LogP contribution in [0.1, 0.15) is 35.2 Å². The van der Waals surface area contributed by atoms with Gasteiger partial charge < -0.3 is 0 Å². The van der Waals surface area contributed by atoms with E-state index in [2.05, 4.69) is 5.10 Å². The van der Waals surface area contributed by atoms with E-state index in [4.69, 9.17) is 34.8 Å². The van der Waals surface area contributed by atoms with Crippen LogP contribution >= 0.6 is 46.1 Å². The number of thiophene rings is 1. The number of nitrogens with zero attached hydrogens (tertiary/aromatic N) is 2. The molecule has 2 heterocycles. The third kappa shape index (κ3) is 4.80. The van der Waals surface area contributed by atoms with Gasteiger partial charge in [0.2, 0.25) is 0 Å². The highest BCUT2D eigenvalue weighted by molar-refractivity contribution is 7.19. The summed E-state index contributed by atoms with van der Waals surface area (Å²) in [5, 5.41) is 2.62. The van der Waals surface area contributed by atoms with Crippen molar-refractivity contribution in [1.82, 2.24) is 9.78 Å². The molecule has 1 fully saturated rings. The van der Waals surface area contributed by atoms with E-state index in [0.29, 0.717) is 28.3 Å². The Bertz CT molecular complexity index is 1260. The van der Waals surface area contributed by atoms with Gasteiger partial charge in [-0.1, -0.05) is 34.8 Å². The Balaban J connectivity index is 1.69. The SMILES string of the molecule is O=C(CC1CC1)c1cc(-c2cnn(-c3c(Cl)cc(C(F)(C(F)(F)F)C(F)(F)F)cc3Cl)c2)sc1Cl. The molecular weight excluding hydrogens is 568 g/mol. The van der Waals surface area contributed by atoms with Crippen LogP contribution in [0.15, 0.2) is 30.6 Å². The maximum Gasteiger partial charge on any atom is 0.435 e. The van der Waals surface area contributed by atoms with E-state index < -0.39 is 33.6 Å². The maximum atomic E-state index is 14.4. The van der Waals surface area contributed by atoms with Gasteiger partial charge in [-0.25, -0.2) is 9.07 Å². The number of carbonyl (C=O) groups excluding carboxylic acids is 1. The Morgan fingerprint density at radius 1 is 1.00 bits per heavy atom. The molecule has 1 aliphatic rings. The van der Waals surface area contributed by atoms with Crippen molar-refractivity contribution < 1.29 is 35.5 Å². The fourth-order valence-corrected chi connectivity index (χ4v) is 5.38. The molecule has 0 atom stereocenters. The van der Waals surface area contributed by atoms with Crippen LogP contribution in [-0.4, -0.2) is 27.9 Å². The van der Waals surface area contributed by atoms with E-state index >= 15 is 0 Å². The highest BCUT2D eigenvalue weighted by Gasteiger charge is 2.73. The normalized spacial score (nSPS) is 15.0. The van der Waals surface area contributed by atoms with Crippen molar-refractivity contribution in [2.45, 2.75) is 37.3 Å². The first kappa shape index (κ1) is 26.2. The third-order valence-electron chi connectivity index (χ3n) is 5.45. The lowest BCUT2D eigenvalue weighted by atomic mass is 9.94. The second-order valence-electron chi connectivity index (χ2n) is 7.98. The molecule has 0 bridgehead atoms. The summed E-state index contributed by atoms with van der Waals surface area (Å²) in [7, 11) is 0. The van der Waals surface area contributed by atoms with Gasteiger partial charge in [0, 0.05) is 34.2 Å². The smallest absolute Gasteiger partial charge is 0.294 e. The van der Waals surface area contributed by atoms with Crippen LogP contribution in [0.2, 0.25) is 14.4 Å². The van der Waals surface area contributed by atoms with Crippen molar-refractivity contribution in [3.63, 3.8) is 0 Å². The zero-order valence-corrected chi connectivity index (χ0v) is 20.2. The summed E-state index contributed by atoms with van der Waals surface area (Å²) in [4.78, 5) is 12.9. The Hall–Kier alpha value is -1.82. The maximum absolute atomic E-state index is 14.4. The Morgan fingerprint density at radius 3 is 2.09 bits per heavy atom. The fraction of sp³-hybridized carbons (Fsp3) is 0.333. The van der Waals surface area contributed by atoms with E-state index in [1.807, 2.05) is 0 Å². The summed E-state index contributed by atoms with van der Waals surface area (Å²) in [5.41, 5.74) is -6.97. The third-order valence-corrected chi connectivity index (χ3v) is 7.43. The molecule has 0 amide bonds. The minimum Gasteiger partial charge on any atom is -0.294 e. The number of Topliss-reactive ketones (excluding diaryl/α,β-unsaturated/α-hetero) is 1. The van der Waals surface area contributed by atoms with Gasteiger partial charge in [0.15, 0.2) is 5.78 Å². The van der Waals surface area contributed by atoms with Crippen molar-refractivity contribution in [3.8, 4) is 16.1 Å². The monoisotopic (exact) mass is 578 g/mol. The first-order chi connectivity index (χ1) is 16.1. The van der Waals surface area contributed by atoms with Crippen LogP contribution in [0.5, 0.6) is 0 Å². The van der Waals surface area contributed by atoms with Gasteiger partial charge in [-0.05, 0) is 37.0 Å². The van der Waals surface area contributed by atoms with E-state index in [-0.39, 0.29) is 27.9 Å². The predicted octanol–water partition coefficient (Wildman–Crippen LogP) is 8.83. The first-order valence-corrected chi connectivity index (χ1v) is 11.8. The molecule has 0 saturated heterocycles. The van der Waals surface area contributed by atoms with Gasteiger partial charge in [0.05, 0.1) is 16.2 Å². The van der Waals surface area contributed by atoms with Crippen LogP contribution < -0.4 is 0 Å². The quantitative estimate of drug-likeness (QED) is 0.216. The second kappa shape index (κ2) is 8.93. The number of alkyl halides is 7. The molecule has 0 N–H and O–H groups in total. The first-order valence-electron chi connectivity index (χ1n) is 9.83. The number of hydrogen-bond donors (Lipinski definition) is 0. The highest BCUT2D eigenvalue weighted by atomic mass is 35.5. The summed E-state index contributed by atoms with van der Waals surface area (Å²) in [6, 6.07) is 2.00. The summed E-state index contributed by atoms with van der Waals surface area (Å²) in [6.45, 7) is 0. The Morgan fingerprint density at radius 2 is 1.57 bits per heavy atom. The average molecular weight is 580 g/mol. The van der Waals surface area contributed by atoms with Crippen molar-refractivity contribution in [3.05, 3.63) is 56.1 Å². The fourth-order valence-electron chi connectivity index (χ4n) is 3.44. The van der Waals surface area contributed by atoms with Gasteiger partial charge in [-0.2, -0.15) is 31.4 Å². The molecule has 4 rings (SSSR count). The van der Waals surface area contributed by atoms with Gasteiger partial charge >= 0.3 is 18.0 Å².